The molecule has 0 bridgehead atoms. The zero-order chi connectivity index (χ0) is 33.9. The molecule has 12 nitrogen and oxygen atoms in total. The number of fused-ring (bicyclic) bond motifs is 1. The van der Waals surface area contributed by atoms with E-state index in [1.54, 1.807) is 37.3 Å². The van der Waals surface area contributed by atoms with Gasteiger partial charge in [-0.3, -0.25) is 19.5 Å². The number of rotatable bonds is 9. The Bertz CT molecular complexity index is 2080. The smallest absolute Gasteiger partial charge is 0.338 e. The molecule has 0 spiro atoms. The zero-order valence-electron chi connectivity index (χ0n) is 27.0. The number of benzene rings is 3. The molecule has 48 heavy (non-hydrogen) atoms. The molecular weight excluding hydrogens is 634 g/mol. The maximum absolute atomic E-state index is 14.5. The van der Waals surface area contributed by atoms with Crippen molar-refractivity contribution < 1.29 is 23.9 Å². The molecule has 1 aromatic heterocycles. The van der Waals surface area contributed by atoms with Gasteiger partial charge < -0.3 is 24.0 Å². The summed E-state index contributed by atoms with van der Waals surface area (Å²) >= 11 is 1.16. The normalized spacial score (nSPS) is 16.7. The summed E-state index contributed by atoms with van der Waals surface area (Å²) in [5.74, 6) is 0.304. The summed E-state index contributed by atoms with van der Waals surface area (Å²) < 4.78 is 18.4. The minimum atomic E-state index is -0.931. The van der Waals surface area contributed by atoms with Crippen LogP contribution in [0.15, 0.2) is 82.1 Å². The number of esters is 1. The van der Waals surface area contributed by atoms with Gasteiger partial charge in [0.1, 0.15) is 0 Å². The number of thiazole rings is 1. The molecule has 2 aliphatic rings. The van der Waals surface area contributed by atoms with E-state index in [0.29, 0.717) is 43.2 Å². The van der Waals surface area contributed by atoms with Crippen LogP contribution < -0.4 is 29.3 Å². The predicted molar refractivity (Wildman–Crippen MR) is 183 cm³/mol. The van der Waals surface area contributed by atoms with E-state index < -0.39 is 22.5 Å². The topological polar surface area (TPSA) is 129 Å². The van der Waals surface area contributed by atoms with Gasteiger partial charge >= 0.3 is 5.97 Å². The first kappa shape index (κ1) is 32.7. The van der Waals surface area contributed by atoms with Gasteiger partial charge in [0.2, 0.25) is 0 Å². The number of nitro groups is 1. The van der Waals surface area contributed by atoms with Crippen LogP contribution >= 0.6 is 11.3 Å². The Morgan fingerprint density at radius 3 is 2.42 bits per heavy atom. The van der Waals surface area contributed by atoms with Crippen molar-refractivity contribution in [2.75, 3.05) is 59.0 Å². The van der Waals surface area contributed by atoms with Crippen molar-refractivity contribution >= 4 is 40.5 Å². The number of carbonyl (C=O) groups is 1. The third-order valence-corrected chi connectivity index (χ3v) is 9.43. The van der Waals surface area contributed by atoms with Gasteiger partial charge in [0, 0.05) is 55.1 Å². The fraction of sp³-hybridized carbons (Fsp3) is 0.286. The number of carbonyl (C=O) groups excluding carboxylic acids is 1. The Hall–Kier alpha value is -5.27. The predicted octanol–water partition coefficient (Wildman–Crippen LogP) is 3.61. The minimum absolute atomic E-state index is 0.0777. The fourth-order valence-electron chi connectivity index (χ4n) is 6.03. The molecule has 0 amide bonds. The molecule has 3 heterocycles. The number of likely N-dealkylation sites (N-methyl/N-ethyl adjacent to an activating group) is 1. The highest BCUT2D eigenvalue weighted by Gasteiger charge is 2.36. The van der Waals surface area contributed by atoms with E-state index in [9.17, 15) is 19.7 Å². The molecule has 248 valence electrons. The second-order valence-electron chi connectivity index (χ2n) is 11.3. The highest BCUT2D eigenvalue weighted by molar-refractivity contribution is 7.07. The van der Waals surface area contributed by atoms with Gasteiger partial charge in [-0.25, -0.2) is 9.79 Å². The lowest BCUT2D eigenvalue weighted by atomic mass is 9.93. The first-order valence-corrected chi connectivity index (χ1v) is 16.3. The Labute approximate surface area is 280 Å². The van der Waals surface area contributed by atoms with Crippen LogP contribution in [0.1, 0.15) is 29.7 Å². The first-order chi connectivity index (χ1) is 23.2. The number of nitrogens with zero attached hydrogens (tertiary/aromatic N) is 5. The second-order valence-corrected chi connectivity index (χ2v) is 12.3. The lowest BCUT2D eigenvalue weighted by molar-refractivity contribution is -0.384. The zero-order valence-corrected chi connectivity index (χ0v) is 27.9. The average molecular weight is 670 g/mol. The molecule has 0 radical (unpaired) electrons. The van der Waals surface area contributed by atoms with Crippen LogP contribution in [0, 0.1) is 10.1 Å². The van der Waals surface area contributed by atoms with Crippen LogP contribution in [0.5, 0.6) is 11.5 Å². The molecule has 1 saturated heterocycles. The van der Waals surface area contributed by atoms with Crippen LogP contribution in [0.4, 0.5) is 11.4 Å². The molecule has 4 aromatic rings. The van der Waals surface area contributed by atoms with E-state index in [1.807, 2.05) is 30.3 Å². The van der Waals surface area contributed by atoms with Gasteiger partial charge in [0.25, 0.3) is 11.2 Å². The lowest BCUT2D eigenvalue weighted by Crippen LogP contribution is -2.44. The summed E-state index contributed by atoms with van der Waals surface area (Å²) in [4.78, 5) is 49.3. The first-order valence-electron chi connectivity index (χ1n) is 15.5. The maximum Gasteiger partial charge on any atom is 0.338 e. The van der Waals surface area contributed by atoms with E-state index >= 15 is 0 Å². The Balaban J connectivity index is 1.62. The molecule has 0 N–H and O–H groups in total. The Morgan fingerprint density at radius 2 is 1.75 bits per heavy atom. The SMILES string of the molecule is CCOC(=O)C1=C(c2ccccc2)N=c2s/c(=C/c3cc([N+](=O)[O-])ccc3N3CCN(C)CC3)c(=O)n2[C@@H]1c1ccc(OC)c(OC)c1. The number of ether oxygens (including phenoxy) is 3. The number of non-ortho nitro benzene ring substituents is 1. The molecule has 6 rings (SSSR count). The van der Waals surface area contributed by atoms with Gasteiger partial charge in [-0.05, 0) is 43.8 Å². The van der Waals surface area contributed by atoms with Crippen molar-refractivity contribution in [2.24, 2.45) is 4.99 Å². The van der Waals surface area contributed by atoms with Gasteiger partial charge in [0.05, 0.1) is 47.6 Å². The number of hydrogen-bond acceptors (Lipinski definition) is 11. The quantitative estimate of drug-likeness (QED) is 0.149. The number of hydrogen-bond donors (Lipinski definition) is 0. The van der Waals surface area contributed by atoms with Gasteiger partial charge in [-0.2, -0.15) is 0 Å². The molecule has 3 aromatic carbocycles. The fourth-order valence-corrected chi connectivity index (χ4v) is 7.02. The van der Waals surface area contributed by atoms with E-state index in [2.05, 4.69) is 16.8 Å². The molecule has 0 saturated carbocycles. The molecule has 1 atom stereocenters. The van der Waals surface area contributed by atoms with Crippen molar-refractivity contribution in [1.29, 1.82) is 0 Å². The maximum atomic E-state index is 14.5. The standard InChI is InChI=1S/C35H35N5O7S/c1-5-47-34(42)30-31(22-9-7-6-8-10-22)36-35-39(32(30)23-11-14-27(45-3)28(20-23)46-4)33(41)29(48-35)21-24-19-25(40(43)44)12-13-26(24)38-17-15-37(2)16-18-38/h6-14,19-21,32H,5,15-18H2,1-4H3/b29-21+/t32-/m1/s1. The third-order valence-electron chi connectivity index (χ3n) is 8.45. The molecule has 0 unspecified atom stereocenters. The van der Waals surface area contributed by atoms with Crippen LogP contribution in [0.2, 0.25) is 0 Å². The van der Waals surface area contributed by atoms with Crippen molar-refractivity contribution in [3.63, 3.8) is 0 Å². The van der Waals surface area contributed by atoms with Crippen LogP contribution in [-0.2, 0) is 9.53 Å². The number of aromatic nitrogens is 1. The summed E-state index contributed by atoms with van der Waals surface area (Å²) in [5, 5.41) is 11.8. The Kier molecular flexibility index (Phi) is 9.42. The summed E-state index contributed by atoms with van der Waals surface area (Å²) in [6, 6.07) is 18.3. The molecular formula is C35H35N5O7S. The average Bonchev–Trinajstić information content (AvgIpc) is 3.41. The largest absolute Gasteiger partial charge is 0.493 e. The number of anilines is 1. The molecule has 13 heteroatoms. The van der Waals surface area contributed by atoms with Gasteiger partial charge in [-0.1, -0.05) is 47.7 Å². The number of nitro benzene ring substituents is 1. The number of piperazine rings is 1. The van der Waals surface area contributed by atoms with Crippen LogP contribution in [0.25, 0.3) is 11.8 Å². The van der Waals surface area contributed by atoms with Crippen LogP contribution in [-0.4, -0.2) is 74.4 Å². The van der Waals surface area contributed by atoms with E-state index in [4.69, 9.17) is 19.2 Å². The molecule has 1 fully saturated rings. The van der Waals surface area contributed by atoms with Gasteiger partial charge in [0.15, 0.2) is 16.3 Å². The Morgan fingerprint density at radius 1 is 1.02 bits per heavy atom. The lowest BCUT2D eigenvalue weighted by Gasteiger charge is -2.34. The number of methoxy groups -OCH3 is 2. The summed E-state index contributed by atoms with van der Waals surface area (Å²) in [6.45, 7) is 4.98. The third kappa shape index (κ3) is 6.21. The summed E-state index contributed by atoms with van der Waals surface area (Å²) in [5.41, 5.74) is 2.72. The van der Waals surface area contributed by atoms with Crippen LogP contribution in [0.3, 0.4) is 0 Å². The minimum Gasteiger partial charge on any atom is -0.493 e. The van der Waals surface area contributed by atoms with Crippen molar-refractivity contribution in [1.82, 2.24) is 9.47 Å². The summed E-state index contributed by atoms with van der Waals surface area (Å²) in [7, 11) is 5.10. The van der Waals surface area contributed by atoms with Gasteiger partial charge in [-0.15, -0.1) is 0 Å². The van der Waals surface area contributed by atoms with E-state index in [-0.39, 0.29) is 17.9 Å². The molecule has 2 aliphatic heterocycles. The van der Waals surface area contributed by atoms with E-state index in [1.165, 1.54) is 30.9 Å². The van der Waals surface area contributed by atoms with Crippen molar-refractivity contribution in [3.8, 4) is 11.5 Å². The van der Waals surface area contributed by atoms with Crippen molar-refractivity contribution in [2.45, 2.75) is 13.0 Å². The monoisotopic (exact) mass is 669 g/mol. The van der Waals surface area contributed by atoms with E-state index in [0.717, 1.165) is 43.2 Å². The summed E-state index contributed by atoms with van der Waals surface area (Å²) in [6.07, 6.45) is 1.69. The van der Waals surface area contributed by atoms with Crippen molar-refractivity contribution in [3.05, 3.63) is 119 Å². The highest BCUT2D eigenvalue weighted by Crippen LogP contribution is 2.38. The second kappa shape index (κ2) is 13.8. The highest BCUT2D eigenvalue weighted by atomic mass is 32.1. The molecule has 0 aliphatic carbocycles.